The highest BCUT2D eigenvalue weighted by Crippen LogP contribution is 2.36. The van der Waals surface area contributed by atoms with E-state index in [-0.39, 0.29) is 0 Å². The van der Waals surface area contributed by atoms with Gasteiger partial charge in [0.1, 0.15) is 0 Å². The average Bonchev–Trinajstić information content (AvgIpc) is 2.68. The van der Waals surface area contributed by atoms with Crippen molar-refractivity contribution >= 4 is 22.1 Å². The molecular formula is C20H25BrN2O4. The lowest BCUT2D eigenvalue weighted by atomic mass is 10.2. The summed E-state index contributed by atoms with van der Waals surface area (Å²) in [4.78, 5) is 0. The van der Waals surface area contributed by atoms with E-state index in [1.165, 1.54) is 0 Å². The number of rotatable bonds is 10. The molecule has 2 aromatic carbocycles. The summed E-state index contributed by atoms with van der Waals surface area (Å²) in [6, 6.07) is 9.60. The lowest BCUT2D eigenvalue weighted by Gasteiger charge is -2.13. The van der Waals surface area contributed by atoms with Crippen LogP contribution < -0.4 is 24.4 Å². The number of ether oxygens (including phenoxy) is 4. The fraction of sp³-hybridized carbons (Fsp3) is 0.350. The first-order chi connectivity index (χ1) is 13.1. The number of benzene rings is 2. The van der Waals surface area contributed by atoms with Crippen LogP contribution in [-0.2, 0) is 6.54 Å². The van der Waals surface area contributed by atoms with Gasteiger partial charge in [0.2, 0.25) is 0 Å². The maximum absolute atomic E-state index is 5.67. The predicted molar refractivity (Wildman–Crippen MR) is 110 cm³/mol. The Morgan fingerprint density at radius 1 is 0.963 bits per heavy atom. The summed E-state index contributed by atoms with van der Waals surface area (Å²) in [5.41, 5.74) is 4.97. The molecule has 0 unspecified atom stereocenters. The minimum atomic E-state index is 0.560. The molecule has 0 amide bonds. The maximum Gasteiger partial charge on any atom is 0.175 e. The van der Waals surface area contributed by atoms with Gasteiger partial charge in [-0.15, -0.1) is 0 Å². The number of methoxy groups -OCH3 is 2. The first-order valence-corrected chi connectivity index (χ1v) is 9.48. The van der Waals surface area contributed by atoms with E-state index in [2.05, 4.69) is 26.5 Å². The van der Waals surface area contributed by atoms with Crippen molar-refractivity contribution in [3.8, 4) is 23.0 Å². The van der Waals surface area contributed by atoms with Crippen LogP contribution in [0.15, 0.2) is 39.9 Å². The lowest BCUT2D eigenvalue weighted by molar-refractivity contribution is 0.286. The number of halogens is 1. The van der Waals surface area contributed by atoms with Gasteiger partial charge in [-0.25, -0.2) is 0 Å². The molecule has 0 saturated heterocycles. The van der Waals surface area contributed by atoms with Crippen LogP contribution in [0.1, 0.15) is 25.0 Å². The number of nitrogens with zero attached hydrogens (tertiary/aromatic N) is 1. The topological polar surface area (TPSA) is 61.3 Å². The number of hydrogen-bond donors (Lipinski definition) is 1. The molecule has 7 heteroatoms. The molecule has 2 aromatic rings. The predicted octanol–water partition coefficient (Wildman–Crippen LogP) is 4.39. The molecule has 0 bridgehead atoms. The summed E-state index contributed by atoms with van der Waals surface area (Å²) in [6.07, 6.45) is 1.74. The molecule has 0 aliphatic rings. The van der Waals surface area contributed by atoms with Gasteiger partial charge in [0.15, 0.2) is 23.0 Å². The molecule has 0 saturated carbocycles. The molecule has 0 aliphatic heterocycles. The lowest BCUT2D eigenvalue weighted by Crippen LogP contribution is -2.06. The summed E-state index contributed by atoms with van der Waals surface area (Å²) in [5, 5.41) is 4.29. The standard InChI is InChI=1S/C20H25BrN2O4/c1-5-26-19-11-15(9-16(21)20(19)27-6-2)13-23-22-12-14-7-8-17(24-3)18(10-14)25-4/h7-11,13,22H,5-6,12H2,1-4H3/b23-13-. The molecule has 0 fully saturated rings. The van der Waals surface area contributed by atoms with Gasteiger partial charge in [0.25, 0.3) is 0 Å². The van der Waals surface area contributed by atoms with E-state index in [0.29, 0.717) is 42.8 Å². The van der Waals surface area contributed by atoms with Crippen LogP contribution in [0.25, 0.3) is 0 Å². The molecule has 6 nitrogen and oxygen atoms in total. The Kier molecular flexibility index (Phi) is 8.26. The van der Waals surface area contributed by atoms with E-state index in [4.69, 9.17) is 18.9 Å². The first kappa shape index (κ1) is 20.9. The van der Waals surface area contributed by atoms with Crippen LogP contribution in [0.4, 0.5) is 0 Å². The molecule has 0 spiro atoms. The Bertz CT molecular complexity index is 781. The van der Waals surface area contributed by atoms with Crippen LogP contribution >= 0.6 is 15.9 Å². The molecule has 0 aliphatic carbocycles. The third-order valence-electron chi connectivity index (χ3n) is 3.66. The second-order valence-electron chi connectivity index (χ2n) is 5.48. The van der Waals surface area contributed by atoms with E-state index in [9.17, 15) is 0 Å². The van der Waals surface area contributed by atoms with Crippen LogP contribution in [0.5, 0.6) is 23.0 Å². The van der Waals surface area contributed by atoms with Gasteiger partial charge in [0.05, 0.1) is 44.7 Å². The van der Waals surface area contributed by atoms with Gasteiger partial charge in [-0.3, -0.25) is 0 Å². The highest BCUT2D eigenvalue weighted by atomic mass is 79.9. The molecule has 0 aromatic heterocycles. The maximum atomic E-state index is 5.67. The third kappa shape index (κ3) is 5.79. The molecule has 0 atom stereocenters. The monoisotopic (exact) mass is 436 g/mol. The van der Waals surface area contributed by atoms with Crippen molar-refractivity contribution in [3.05, 3.63) is 45.9 Å². The van der Waals surface area contributed by atoms with Crippen LogP contribution in [-0.4, -0.2) is 33.6 Å². The van der Waals surface area contributed by atoms with Crippen molar-refractivity contribution in [2.24, 2.45) is 5.10 Å². The summed E-state index contributed by atoms with van der Waals surface area (Å²) in [5.74, 6) is 2.79. The Balaban J connectivity index is 2.05. The van der Waals surface area contributed by atoms with E-state index < -0.39 is 0 Å². The van der Waals surface area contributed by atoms with Gasteiger partial charge < -0.3 is 24.4 Å². The van der Waals surface area contributed by atoms with Crippen molar-refractivity contribution in [1.29, 1.82) is 0 Å². The SMILES string of the molecule is CCOc1cc(/C=N\NCc2ccc(OC)c(OC)c2)cc(Br)c1OCC. The van der Waals surface area contributed by atoms with Gasteiger partial charge in [-0.1, -0.05) is 6.07 Å². The minimum absolute atomic E-state index is 0.560. The Labute approximate surface area is 168 Å². The molecule has 146 valence electrons. The highest BCUT2D eigenvalue weighted by Gasteiger charge is 2.11. The van der Waals surface area contributed by atoms with Crippen LogP contribution in [0.2, 0.25) is 0 Å². The molecular weight excluding hydrogens is 412 g/mol. The van der Waals surface area contributed by atoms with Crippen LogP contribution in [0, 0.1) is 0 Å². The van der Waals surface area contributed by atoms with Gasteiger partial charge in [-0.2, -0.15) is 5.10 Å². The quantitative estimate of drug-likeness (QED) is 0.442. The first-order valence-electron chi connectivity index (χ1n) is 8.68. The number of hydrazone groups is 1. The van der Waals surface area contributed by atoms with Gasteiger partial charge in [0, 0.05) is 0 Å². The Morgan fingerprint density at radius 2 is 1.70 bits per heavy atom. The molecule has 0 heterocycles. The number of hydrogen-bond acceptors (Lipinski definition) is 6. The second kappa shape index (κ2) is 10.7. The van der Waals surface area contributed by atoms with E-state index >= 15 is 0 Å². The molecule has 1 N–H and O–H groups in total. The Hall–Kier alpha value is -2.41. The number of nitrogens with one attached hydrogen (secondary N) is 1. The van der Waals surface area contributed by atoms with E-state index in [1.807, 2.05) is 44.2 Å². The van der Waals surface area contributed by atoms with Crippen molar-refractivity contribution in [2.75, 3.05) is 27.4 Å². The van der Waals surface area contributed by atoms with Gasteiger partial charge in [-0.05, 0) is 65.2 Å². The van der Waals surface area contributed by atoms with E-state index in [0.717, 1.165) is 15.6 Å². The van der Waals surface area contributed by atoms with E-state index in [1.54, 1.807) is 20.4 Å². The largest absolute Gasteiger partial charge is 0.493 e. The average molecular weight is 437 g/mol. The summed E-state index contributed by atoms with van der Waals surface area (Å²) < 4.78 is 22.7. The van der Waals surface area contributed by atoms with Crippen LogP contribution in [0.3, 0.4) is 0 Å². The summed E-state index contributed by atoms with van der Waals surface area (Å²) in [6.45, 7) is 5.57. The molecule has 27 heavy (non-hydrogen) atoms. The smallest absolute Gasteiger partial charge is 0.175 e. The van der Waals surface area contributed by atoms with Crippen molar-refractivity contribution in [1.82, 2.24) is 5.43 Å². The molecule has 0 radical (unpaired) electrons. The third-order valence-corrected chi connectivity index (χ3v) is 4.25. The van der Waals surface area contributed by atoms with Gasteiger partial charge >= 0.3 is 0 Å². The normalized spacial score (nSPS) is 10.7. The molecule has 2 rings (SSSR count). The van der Waals surface area contributed by atoms with Crippen molar-refractivity contribution < 1.29 is 18.9 Å². The fourth-order valence-corrected chi connectivity index (χ4v) is 3.03. The zero-order valence-corrected chi connectivity index (χ0v) is 17.6. The Morgan fingerprint density at radius 3 is 2.37 bits per heavy atom. The summed E-state index contributed by atoms with van der Waals surface area (Å²) >= 11 is 3.53. The summed E-state index contributed by atoms with van der Waals surface area (Å²) in [7, 11) is 3.23. The zero-order chi connectivity index (χ0) is 19.6. The zero-order valence-electron chi connectivity index (χ0n) is 16.0. The fourth-order valence-electron chi connectivity index (χ4n) is 2.46. The van der Waals surface area contributed by atoms with Crippen molar-refractivity contribution in [2.45, 2.75) is 20.4 Å². The minimum Gasteiger partial charge on any atom is -0.493 e. The van der Waals surface area contributed by atoms with Crippen molar-refractivity contribution in [3.63, 3.8) is 0 Å². The highest BCUT2D eigenvalue weighted by molar-refractivity contribution is 9.10. The second-order valence-corrected chi connectivity index (χ2v) is 6.33.